The molecule has 0 aliphatic rings. The molecule has 1 rings (SSSR count). The summed E-state index contributed by atoms with van der Waals surface area (Å²) in [5.41, 5.74) is 7.05. The monoisotopic (exact) mass is 193 g/mol. The topological polar surface area (TPSA) is 35.2 Å². The highest BCUT2D eigenvalue weighted by Crippen LogP contribution is 2.03. The summed E-state index contributed by atoms with van der Waals surface area (Å²) in [5.74, 6) is 0.478. The Kier molecular flexibility index (Phi) is 4.63. The summed E-state index contributed by atoms with van der Waals surface area (Å²) < 4.78 is 5.52. The normalized spacial score (nSPS) is 13.1. The third kappa shape index (κ3) is 3.90. The molecule has 1 unspecified atom stereocenters. The molecule has 0 aromatic heterocycles. The molecule has 14 heavy (non-hydrogen) atoms. The molecule has 2 heteroatoms. The van der Waals surface area contributed by atoms with Gasteiger partial charge in [0.25, 0.3) is 0 Å². The summed E-state index contributed by atoms with van der Waals surface area (Å²) in [6.45, 7) is 5.50. The van der Waals surface area contributed by atoms with E-state index in [0.29, 0.717) is 19.1 Å². The Morgan fingerprint density at radius 2 is 1.86 bits per heavy atom. The molecule has 0 fully saturated rings. The highest BCUT2D eigenvalue weighted by atomic mass is 16.5. The van der Waals surface area contributed by atoms with E-state index in [4.69, 9.17) is 10.5 Å². The number of ether oxygens (including phenoxy) is 1. The van der Waals surface area contributed by atoms with Gasteiger partial charge >= 0.3 is 0 Å². The molecule has 0 heterocycles. The van der Waals surface area contributed by atoms with E-state index >= 15 is 0 Å². The molecule has 1 atom stereocenters. The Hall–Kier alpha value is -0.860. The minimum Gasteiger partial charge on any atom is -0.375 e. The molecular formula is C12H19NO. The maximum absolute atomic E-state index is 5.86. The quantitative estimate of drug-likeness (QED) is 0.778. The minimum absolute atomic E-state index is 0.138. The predicted octanol–water partition coefficient (Wildman–Crippen LogP) is 2.19. The van der Waals surface area contributed by atoms with Crippen LogP contribution in [0.25, 0.3) is 0 Å². The third-order valence-corrected chi connectivity index (χ3v) is 2.28. The van der Waals surface area contributed by atoms with Crippen LogP contribution in [0, 0.1) is 5.92 Å². The first kappa shape index (κ1) is 11.2. The molecular weight excluding hydrogens is 174 g/mol. The van der Waals surface area contributed by atoms with E-state index in [9.17, 15) is 0 Å². The summed E-state index contributed by atoms with van der Waals surface area (Å²) in [4.78, 5) is 0. The van der Waals surface area contributed by atoms with Gasteiger partial charge in [0.05, 0.1) is 13.2 Å². The van der Waals surface area contributed by atoms with Crippen molar-refractivity contribution in [3.05, 3.63) is 35.9 Å². The molecule has 0 saturated carbocycles. The third-order valence-electron chi connectivity index (χ3n) is 2.28. The van der Waals surface area contributed by atoms with Crippen LogP contribution in [0.5, 0.6) is 0 Å². The largest absolute Gasteiger partial charge is 0.375 e. The Morgan fingerprint density at radius 1 is 1.21 bits per heavy atom. The number of hydrogen-bond donors (Lipinski definition) is 1. The van der Waals surface area contributed by atoms with Crippen molar-refractivity contribution in [2.24, 2.45) is 11.7 Å². The van der Waals surface area contributed by atoms with E-state index in [1.165, 1.54) is 5.56 Å². The summed E-state index contributed by atoms with van der Waals surface area (Å²) in [5, 5.41) is 0. The SMILES string of the molecule is CC(C)C(N)COCc1ccccc1. The molecule has 0 radical (unpaired) electrons. The van der Waals surface area contributed by atoms with Gasteiger partial charge in [-0.05, 0) is 11.5 Å². The van der Waals surface area contributed by atoms with Gasteiger partial charge in [0, 0.05) is 6.04 Å². The van der Waals surface area contributed by atoms with Crippen LogP contribution in [0.4, 0.5) is 0 Å². The van der Waals surface area contributed by atoms with Gasteiger partial charge < -0.3 is 10.5 Å². The van der Waals surface area contributed by atoms with Gasteiger partial charge in [0.2, 0.25) is 0 Å². The molecule has 0 aliphatic heterocycles. The number of benzene rings is 1. The van der Waals surface area contributed by atoms with Crippen molar-refractivity contribution < 1.29 is 4.74 Å². The molecule has 0 spiro atoms. The van der Waals surface area contributed by atoms with Crippen LogP contribution < -0.4 is 5.73 Å². The molecule has 0 aliphatic carbocycles. The molecule has 0 amide bonds. The van der Waals surface area contributed by atoms with Gasteiger partial charge in [0.15, 0.2) is 0 Å². The molecule has 0 bridgehead atoms. The first-order valence-electron chi connectivity index (χ1n) is 5.07. The molecule has 1 aromatic carbocycles. The van der Waals surface area contributed by atoms with E-state index in [-0.39, 0.29) is 6.04 Å². The number of nitrogens with two attached hydrogens (primary N) is 1. The van der Waals surface area contributed by atoms with Crippen molar-refractivity contribution in [3.8, 4) is 0 Å². The Bertz CT molecular complexity index is 246. The van der Waals surface area contributed by atoms with Gasteiger partial charge in [-0.2, -0.15) is 0 Å². The van der Waals surface area contributed by atoms with Gasteiger partial charge in [-0.25, -0.2) is 0 Å². The first-order valence-corrected chi connectivity index (χ1v) is 5.07. The average Bonchev–Trinajstić information content (AvgIpc) is 2.19. The second-order valence-corrected chi connectivity index (χ2v) is 3.91. The Labute approximate surface area is 86.1 Å². The first-order chi connectivity index (χ1) is 6.70. The van der Waals surface area contributed by atoms with E-state index < -0.39 is 0 Å². The summed E-state index contributed by atoms with van der Waals surface area (Å²) >= 11 is 0. The van der Waals surface area contributed by atoms with Gasteiger partial charge in [-0.3, -0.25) is 0 Å². The van der Waals surface area contributed by atoms with Crippen LogP contribution in [-0.2, 0) is 11.3 Å². The zero-order valence-corrected chi connectivity index (χ0v) is 8.94. The number of rotatable bonds is 5. The maximum Gasteiger partial charge on any atom is 0.0717 e. The van der Waals surface area contributed by atoms with E-state index in [0.717, 1.165) is 0 Å². The van der Waals surface area contributed by atoms with Gasteiger partial charge in [-0.15, -0.1) is 0 Å². The van der Waals surface area contributed by atoms with Crippen molar-refractivity contribution in [1.29, 1.82) is 0 Å². The zero-order valence-electron chi connectivity index (χ0n) is 8.94. The van der Waals surface area contributed by atoms with E-state index in [1.807, 2.05) is 18.2 Å². The number of hydrogen-bond acceptors (Lipinski definition) is 2. The summed E-state index contributed by atoms with van der Waals surface area (Å²) in [7, 11) is 0. The summed E-state index contributed by atoms with van der Waals surface area (Å²) in [6, 6.07) is 10.3. The molecule has 2 nitrogen and oxygen atoms in total. The smallest absolute Gasteiger partial charge is 0.0717 e. The van der Waals surface area contributed by atoms with Crippen molar-refractivity contribution >= 4 is 0 Å². The fraction of sp³-hybridized carbons (Fsp3) is 0.500. The second kappa shape index (κ2) is 5.78. The lowest BCUT2D eigenvalue weighted by Crippen LogP contribution is -2.31. The summed E-state index contributed by atoms with van der Waals surface area (Å²) in [6.07, 6.45) is 0. The van der Waals surface area contributed by atoms with Gasteiger partial charge in [-0.1, -0.05) is 44.2 Å². The van der Waals surface area contributed by atoms with E-state index in [1.54, 1.807) is 0 Å². The lowest BCUT2D eigenvalue weighted by Gasteiger charge is -2.15. The minimum atomic E-state index is 0.138. The van der Waals surface area contributed by atoms with Crippen LogP contribution in [0.3, 0.4) is 0 Å². The van der Waals surface area contributed by atoms with Crippen LogP contribution in [0.15, 0.2) is 30.3 Å². The zero-order chi connectivity index (χ0) is 10.4. The van der Waals surface area contributed by atoms with Crippen LogP contribution in [-0.4, -0.2) is 12.6 Å². The van der Waals surface area contributed by atoms with E-state index in [2.05, 4.69) is 26.0 Å². The lowest BCUT2D eigenvalue weighted by atomic mass is 10.1. The van der Waals surface area contributed by atoms with Crippen molar-refractivity contribution in [2.75, 3.05) is 6.61 Å². The maximum atomic E-state index is 5.86. The van der Waals surface area contributed by atoms with Crippen LogP contribution >= 0.6 is 0 Å². The fourth-order valence-corrected chi connectivity index (χ4v) is 1.08. The van der Waals surface area contributed by atoms with Crippen LogP contribution in [0.2, 0.25) is 0 Å². The Balaban J connectivity index is 2.22. The molecule has 78 valence electrons. The lowest BCUT2D eigenvalue weighted by molar-refractivity contribution is 0.0973. The Morgan fingerprint density at radius 3 is 2.43 bits per heavy atom. The van der Waals surface area contributed by atoms with Crippen molar-refractivity contribution in [1.82, 2.24) is 0 Å². The van der Waals surface area contributed by atoms with Crippen molar-refractivity contribution in [3.63, 3.8) is 0 Å². The van der Waals surface area contributed by atoms with Gasteiger partial charge in [0.1, 0.15) is 0 Å². The van der Waals surface area contributed by atoms with Crippen molar-refractivity contribution in [2.45, 2.75) is 26.5 Å². The van der Waals surface area contributed by atoms with Crippen LogP contribution in [0.1, 0.15) is 19.4 Å². The average molecular weight is 193 g/mol. The predicted molar refractivity (Wildman–Crippen MR) is 58.9 cm³/mol. The second-order valence-electron chi connectivity index (χ2n) is 3.91. The fourth-order valence-electron chi connectivity index (χ4n) is 1.08. The molecule has 2 N–H and O–H groups in total. The molecule has 0 saturated heterocycles. The highest BCUT2D eigenvalue weighted by Gasteiger charge is 2.06. The molecule has 1 aromatic rings. The standard InChI is InChI=1S/C12H19NO/c1-10(2)12(13)9-14-8-11-6-4-3-5-7-11/h3-7,10,12H,8-9,13H2,1-2H3. The highest BCUT2D eigenvalue weighted by molar-refractivity contribution is 5.13.